The number of benzene rings is 1. The number of halogens is 3. The zero-order valence-electron chi connectivity index (χ0n) is 26.1. The minimum atomic E-state index is -4.54. The van der Waals surface area contributed by atoms with Gasteiger partial charge in [0.2, 0.25) is 0 Å². The molecular weight excluding hydrogens is 577 g/mol. The monoisotopic (exact) mass is 618 g/mol. The number of aromatic nitrogens is 4. The third-order valence-corrected chi connectivity index (χ3v) is 9.83. The topological polar surface area (TPSA) is 70.2 Å². The van der Waals surface area contributed by atoms with Gasteiger partial charge in [-0.05, 0) is 87.4 Å². The standard InChI is InChI=1S/C35H41F3N6O/c1-43(21-34(22-45-2)14-4-5-15-34)29-20-28(25-18-27(23-8-9-23)39-30(19-25)35(36,37)38)40-33-31(29)41-32(42-33)24-10-12-26(13-11-24)44-16-6-3-7-17-44/h10-13,18-20,23H,3-9,14-17,21-22H2,1-2H3,(H,40,41,42). The first kappa shape index (κ1) is 30.0. The van der Waals surface area contributed by atoms with Crippen LogP contribution in [0.1, 0.15) is 75.1 Å². The Balaban J connectivity index is 1.31. The molecular formula is C35H41F3N6O. The van der Waals surface area contributed by atoms with Gasteiger partial charge in [-0.2, -0.15) is 13.2 Å². The third-order valence-electron chi connectivity index (χ3n) is 9.83. The van der Waals surface area contributed by atoms with Gasteiger partial charge in [0.15, 0.2) is 5.65 Å². The van der Waals surface area contributed by atoms with E-state index in [-0.39, 0.29) is 11.3 Å². The number of hydrogen-bond donors (Lipinski definition) is 1. The van der Waals surface area contributed by atoms with Crippen LogP contribution in [0.2, 0.25) is 0 Å². The Morgan fingerprint density at radius 3 is 2.33 bits per heavy atom. The highest BCUT2D eigenvalue weighted by atomic mass is 19.4. The fraction of sp³-hybridized carbons (Fsp3) is 0.514. The smallest absolute Gasteiger partial charge is 0.384 e. The second-order valence-electron chi connectivity index (χ2n) is 13.3. The van der Waals surface area contributed by atoms with Crippen molar-refractivity contribution < 1.29 is 17.9 Å². The van der Waals surface area contributed by atoms with Crippen molar-refractivity contribution in [3.63, 3.8) is 0 Å². The molecule has 10 heteroatoms. The molecule has 2 aliphatic carbocycles. The Labute approximate surface area is 262 Å². The molecule has 238 valence electrons. The highest BCUT2D eigenvalue weighted by Gasteiger charge is 2.37. The quantitative estimate of drug-likeness (QED) is 0.204. The van der Waals surface area contributed by atoms with Crippen LogP contribution in [0.25, 0.3) is 33.8 Å². The number of methoxy groups -OCH3 is 1. The molecule has 0 unspecified atom stereocenters. The molecule has 4 heterocycles. The molecule has 1 aromatic carbocycles. The van der Waals surface area contributed by atoms with Gasteiger partial charge in [0.05, 0.1) is 18.0 Å². The van der Waals surface area contributed by atoms with E-state index in [1.807, 2.05) is 13.1 Å². The molecule has 45 heavy (non-hydrogen) atoms. The Hall–Kier alpha value is -3.66. The van der Waals surface area contributed by atoms with E-state index in [0.717, 1.165) is 81.0 Å². The molecule has 3 fully saturated rings. The number of H-pyrrole nitrogens is 1. The SMILES string of the molecule is COCC1(CN(C)c2cc(-c3cc(C4CC4)nc(C(F)(F)F)c3)nc3nc(-c4ccc(N5CCCCC5)cc4)[nH]c23)CCCC1. The Morgan fingerprint density at radius 2 is 1.67 bits per heavy atom. The van der Waals surface area contributed by atoms with Crippen molar-refractivity contribution in [3.8, 4) is 22.6 Å². The van der Waals surface area contributed by atoms with Gasteiger partial charge in [0, 0.05) is 67.6 Å². The number of rotatable bonds is 9. The number of aromatic amines is 1. The molecule has 2 saturated carbocycles. The average Bonchev–Trinajstić information content (AvgIpc) is 3.65. The second kappa shape index (κ2) is 11.9. The van der Waals surface area contributed by atoms with Gasteiger partial charge in [-0.3, -0.25) is 0 Å². The maximum absolute atomic E-state index is 14.0. The van der Waals surface area contributed by atoms with Crippen LogP contribution in [0.3, 0.4) is 0 Å². The predicted molar refractivity (Wildman–Crippen MR) is 172 cm³/mol. The summed E-state index contributed by atoms with van der Waals surface area (Å²) >= 11 is 0. The predicted octanol–water partition coefficient (Wildman–Crippen LogP) is 8.22. The Bertz CT molecular complexity index is 1650. The van der Waals surface area contributed by atoms with Gasteiger partial charge < -0.3 is 19.5 Å². The number of pyridine rings is 2. The summed E-state index contributed by atoms with van der Waals surface area (Å²) < 4.78 is 47.6. The number of piperidine rings is 1. The maximum Gasteiger partial charge on any atom is 0.433 e. The molecule has 0 atom stereocenters. The van der Waals surface area contributed by atoms with Crippen molar-refractivity contribution in [2.24, 2.45) is 5.41 Å². The van der Waals surface area contributed by atoms with Crippen molar-refractivity contribution in [2.45, 2.75) is 69.9 Å². The van der Waals surface area contributed by atoms with Crippen LogP contribution < -0.4 is 9.80 Å². The lowest BCUT2D eigenvalue weighted by molar-refractivity contribution is -0.141. The van der Waals surface area contributed by atoms with Crippen LogP contribution >= 0.6 is 0 Å². The molecule has 0 bridgehead atoms. The van der Waals surface area contributed by atoms with Crippen LogP contribution in [0.5, 0.6) is 0 Å². The first-order valence-corrected chi connectivity index (χ1v) is 16.3. The van der Waals surface area contributed by atoms with Gasteiger partial charge in [-0.1, -0.05) is 12.8 Å². The molecule has 1 N–H and O–H groups in total. The number of ether oxygens (including phenoxy) is 1. The number of hydrogen-bond acceptors (Lipinski definition) is 6. The van der Waals surface area contributed by atoms with E-state index < -0.39 is 11.9 Å². The van der Waals surface area contributed by atoms with Crippen LogP contribution in [0.15, 0.2) is 42.5 Å². The molecule has 1 saturated heterocycles. The molecule has 4 aromatic rings. The number of alkyl halides is 3. The zero-order valence-corrected chi connectivity index (χ0v) is 26.1. The minimum Gasteiger partial charge on any atom is -0.384 e. The van der Waals surface area contributed by atoms with Crippen molar-refractivity contribution >= 4 is 22.5 Å². The summed E-state index contributed by atoms with van der Waals surface area (Å²) in [6.07, 6.45) is 5.36. The van der Waals surface area contributed by atoms with Crippen molar-refractivity contribution in [1.29, 1.82) is 0 Å². The maximum atomic E-state index is 14.0. The fourth-order valence-corrected chi connectivity index (χ4v) is 7.34. The molecule has 0 amide bonds. The van der Waals surface area contributed by atoms with E-state index in [1.54, 1.807) is 13.2 Å². The van der Waals surface area contributed by atoms with E-state index in [9.17, 15) is 13.2 Å². The highest BCUT2D eigenvalue weighted by molar-refractivity contribution is 5.91. The lowest BCUT2D eigenvalue weighted by atomic mass is 9.86. The number of fused-ring (bicyclic) bond motifs is 1. The summed E-state index contributed by atoms with van der Waals surface area (Å²) in [5.74, 6) is 0.754. The van der Waals surface area contributed by atoms with E-state index in [2.05, 4.69) is 44.0 Å². The number of imidazole rings is 1. The average molecular weight is 619 g/mol. The summed E-state index contributed by atoms with van der Waals surface area (Å²) in [5.41, 5.74) is 4.77. The van der Waals surface area contributed by atoms with Gasteiger partial charge in [-0.25, -0.2) is 15.0 Å². The first-order chi connectivity index (χ1) is 21.7. The normalized spacial score (nSPS) is 18.6. The summed E-state index contributed by atoms with van der Waals surface area (Å²) in [6, 6.07) is 13.3. The fourth-order valence-electron chi connectivity index (χ4n) is 7.34. The van der Waals surface area contributed by atoms with Crippen LogP contribution in [-0.4, -0.2) is 60.3 Å². The third kappa shape index (κ3) is 6.26. The molecule has 3 aromatic heterocycles. The summed E-state index contributed by atoms with van der Waals surface area (Å²) in [4.78, 5) is 21.9. The highest BCUT2D eigenvalue weighted by Crippen LogP contribution is 2.44. The molecule has 3 aliphatic rings. The van der Waals surface area contributed by atoms with E-state index in [0.29, 0.717) is 35.0 Å². The molecule has 7 nitrogen and oxygen atoms in total. The second-order valence-corrected chi connectivity index (χ2v) is 13.3. The largest absolute Gasteiger partial charge is 0.433 e. The Kier molecular flexibility index (Phi) is 7.96. The lowest BCUT2D eigenvalue weighted by Crippen LogP contribution is -2.37. The van der Waals surface area contributed by atoms with E-state index >= 15 is 0 Å². The Morgan fingerprint density at radius 1 is 0.933 bits per heavy atom. The van der Waals surface area contributed by atoms with Crippen molar-refractivity contribution in [2.75, 3.05) is 50.2 Å². The van der Waals surface area contributed by atoms with Crippen molar-refractivity contribution in [3.05, 3.63) is 53.9 Å². The molecule has 0 spiro atoms. The lowest BCUT2D eigenvalue weighted by Gasteiger charge is -2.34. The van der Waals surface area contributed by atoms with Gasteiger partial charge in [0.1, 0.15) is 17.0 Å². The summed E-state index contributed by atoms with van der Waals surface area (Å²) in [5, 5.41) is 0. The first-order valence-electron chi connectivity index (χ1n) is 16.3. The van der Waals surface area contributed by atoms with Crippen LogP contribution in [0.4, 0.5) is 24.5 Å². The van der Waals surface area contributed by atoms with Crippen LogP contribution in [-0.2, 0) is 10.9 Å². The zero-order chi connectivity index (χ0) is 31.2. The number of nitrogens with zero attached hydrogens (tertiary/aromatic N) is 5. The summed E-state index contributed by atoms with van der Waals surface area (Å²) in [6.45, 7) is 3.57. The van der Waals surface area contributed by atoms with Crippen molar-refractivity contribution in [1.82, 2.24) is 19.9 Å². The molecule has 0 radical (unpaired) electrons. The van der Waals surface area contributed by atoms with Crippen LogP contribution in [0, 0.1) is 5.41 Å². The van der Waals surface area contributed by atoms with Gasteiger partial charge in [0.25, 0.3) is 0 Å². The minimum absolute atomic E-state index is 0.0195. The van der Waals surface area contributed by atoms with Gasteiger partial charge >= 0.3 is 6.18 Å². The summed E-state index contributed by atoms with van der Waals surface area (Å²) in [7, 11) is 3.80. The molecule has 1 aliphatic heterocycles. The van der Waals surface area contributed by atoms with E-state index in [1.165, 1.54) is 24.9 Å². The number of anilines is 2. The van der Waals surface area contributed by atoms with Gasteiger partial charge in [-0.15, -0.1) is 0 Å². The van der Waals surface area contributed by atoms with E-state index in [4.69, 9.17) is 14.7 Å². The number of nitrogens with one attached hydrogen (secondary N) is 1. The molecule has 7 rings (SSSR count).